The summed E-state index contributed by atoms with van der Waals surface area (Å²) in [5.74, 6) is -0.603. The van der Waals surface area contributed by atoms with E-state index in [0.29, 0.717) is 48.8 Å². The summed E-state index contributed by atoms with van der Waals surface area (Å²) in [5.41, 5.74) is 2.08. The lowest BCUT2D eigenvalue weighted by Crippen LogP contribution is -2.37. The predicted molar refractivity (Wildman–Crippen MR) is 85.9 cm³/mol. The Morgan fingerprint density at radius 3 is 2.13 bits per heavy atom. The minimum absolute atomic E-state index is 0.152. The zero-order valence-corrected chi connectivity index (χ0v) is 14.5. The molecule has 0 fully saturated rings. The molecule has 7 nitrogen and oxygen atoms in total. The molecular weight excluding hydrogens is 300 g/mol. The maximum absolute atomic E-state index is 12.8. The third kappa shape index (κ3) is 4.80. The first-order valence-electron chi connectivity index (χ1n) is 7.61. The minimum atomic E-state index is -0.451. The number of carbonyl (C=O) groups excluding carboxylic acids is 2. The van der Waals surface area contributed by atoms with Gasteiger partial charge in [0, 0.05) is 33.0 Å². The lowest BCUT2D eigenvalue weighted by Gasteiger charge is -2.22. The van der Waals surface area contributed by atoms with Gasteiger partial charge in [0.2, 0.25) is 0 Å². The molecule has 0 radical (unpaired) electrons. The summed E-state index contributed by atoms with van der Waals surface area (Å²) in [6.45, 7) is 7.32. The summed E-state index contributed by atoms with van der Waals surface area (Å²) in [7, 11) is 3.18. The Morgan fingerprint density at radius 2 is 1.65 bits per heavy atom. The number of aromatic amines is 1. The summed E-state index contributed by atoms with van der Waals surface area (Å²) in [6, 6.07) is 0. The number of H-pyrrole nitrogens is 1. The van der Waals surface area contributed by atoms with E-state index in [1.807, 2.05) is 0 Å². The SMILES string of the molecule is CCOC(=O)c1[nH]c(C)c(C(=O)N(CCOC)CCOC)c1C. The van der Waals surface area contributed by atoms with E-state index >= 15 is 0 Å². The zero-order chi connectivity index (χ0) is 17.4. The van der Waals surface area contributed by atoms with Crippen molar-refractivity contribution in [3.8, 4) is 0 Å². The highest BCUT2D eigenvalue weighted by atomic mass is 16.5. The van der Waals surface area contributed by atoms with E-state index in [9.17, 15) is 9.59 Å². The quantitative estimate of drug-likeness (QED) is 0.696. The molecule has 0 aliphatic rings. The van der Waals surface area contributed by atoms with Crippen molar-refractivity contribution in [2.75, 3.05) is 47.1 Å². The van der Waals surface area contributed by atoms with Crippen LogP contribution in [0.15, 0.2) is 0 Å². The normalized spacial score (nSPS) is 10.7. The Labute approximate surface area is 136 Å². The molecule has 130 valence electrons. The largest absolute Gasteiger partial charge is 0.461 e. The smallest absolute Gasteiger partial charge is 0.355 e. The number of hydrogen-bond donors (Lipinski definition) is 1. The van der Waals surface area contributed by atoms with Gasteiger partial charge in [0.05, 0.1) is 25.4 Å². The lowest BCUT2D eigenvalue weighted by atomic mass is 10.1. The molecule has 0 spiro atoms. The Kier molecular flexibility index (Phi) is 7.77. The molecule has 0 saturated heterocycles. The molecule has 0 unspecified atom stereocenters. The molecule has 0 aliphatic heterocycles. The second-order valence-electron chi connectivity index (χ2n) is 5.12. The molecule has 0 aromatic carbocycles. The van der Waals surface area contributed by atoms with E-state index in [-0.39, 0.29) is 12.5 Å². The highest BCUT2D eigenvalue weighted by Crippen LogP contribution is 2.20. The maximum atomic E-state index is 12.8. The van der Waals surface area contributed by atoms with Crippen LogP contribution in [0, 0.1) is 13.8 Å². The second kappa shape index (κ2) is 9.32. The fraction of sp³-hybridized carbons (Fsp3) is 0.625. The first kappa shape index (κ1) is 19.2. The Hall–Kier alpha value is -1.86. The van der Waals surface area contributed by atoms with E-state index < -0.39 is 5.97 Å². The van der Waals surface area contributed by atoms with E-state index in [1.165, 1.54) is 0 Å². The molecule has 0 bridgehead atoms. The van der Waals surface area contributed by atoms with Crippen molar-refractivity contribution in [3.63, 3.8) is 0 Å². The molecule has 23 heavy (non-hydrogen) atoms. The second-order valence-corrected chi connectivity index (χ2v) is 5.12. The number of rotatable bonds is 9. The summed E-state index contributed by atoms with van der Waals surface area (Å²) < 4.78 is 15.1. The Balaban J connectivity index is 3.06. The topological polar surface area (TPSA) is 80.9 Å². The zero-order valence-electron chi connectivity index (χ0n) is 14.5. The molecular formula is C16H26N2O5. The van der Waals surface area contributed by atoms with E-state index in [0.717, 1.165) is 0 Å². The van der Waals surface area contributed by atoms with Crippen LogP contribution in [-0.4, -0.2) is 68.9 Å². The third-order valence-electron chi connectivity index (χ3n) is 3.55. The van der Waals surface area contributed by atoms with Gasteiger partial charge in [0.25, 0.3) is 5.91 Å². The van der Waals surface area contributed by atoms with Gasteiger partial charge in [-0.05, 0) is 26.3 Å². The molecule has 1 N–H and O–H groups in total. The number of aromatic nitrogens is 1. The highest BCUT2D eigenvalue weighted by Gasteiger charge is 2.25. The molecule has 1 amide bonds. The third-order valence-corrected chi connectivity index (χ3v) is 3.55. The van der Waals surface area contributed by atoms with Crippen LogP contribution in [0.2, 0.25) is 0 Å². The highest BCUT2D eigenvalue weighted by molar-refractivity contribution is 6.01. The van der Waals surface area contributed by atoms with Gasteiger partial charge in [-0.15, -0.1) is 0 Å². The molecule has 1 aromatic heterocycles. The van der Waals surface area contributed by atoms with Gasteiger partial charge in [-0.25, -0.2) is 4.79 Å². The number of esters is 1. The molecule has 7 heteroatoms. The lowest BCUT2D eigenvalue weighted by molar-refractivity contribution is 0.0519. The van der Waals surface area contributed by atoms with Gasteiger partial charge in [-0.1, -0.05) is 0 Å². The summed E-state index contributed by atoms with van der Waals surface area (Å²) in [4.78, 5) is 29.4. The van der Waals surface area contributed by atoms with Crippen LogP contribution < -0.4 is 0 Å². The minimum Gasteiger partial charge on any atom is -0.461 e. The van der Waals surface area contributed by atoms with Gasteiger partial charge in [0.15, 0.2) is 0 Å². The van der Waals surface area contributed by atoms with Gasteiger partial charge in [-0.3, -0.25) is 4.79 Å². The van der Waals surface area contributed by atoms with Crippen molar-refractivity contribution in [2.45, 2.75) is 20.8 Å². The number of ether oxygens (including phenoxy) is 3. The number of hydrogen-bond acceptors (Lipinski definition) is 5. The van der Waals surface area contributed by atoms with Gasteiger partial charge in [-0.2, -0.15) is 0 Å². The fourth-order valence-corrected chi connectivity index (χ4v) is 2.35. The Bertz CT molecular complexity index is 531. The number of aryl methyl sites for hydroxylation is 1. The van der Waals surface area contributed by atoms with Crippen LogP contribution in [0.5, 0.6) is 0 Å². The van der Waals surface area contributed by atoms with E-state index in [4.69, 9.17) is 14.2 Å². The molecule has 1 rings (SSSR count). The van der Waals surface area contributed by atoms with Crippen LogP contribution in [0.1, 0.15) is 39.0 Å². The monoisotopic (exact) mass is 326 g/mol. The van der Waals surface area contributed by atoms with Gasteiger partial charge >= 0.3 is 5.97 Å². The maximum Gasteiger partial charge on any atom is 0.355 e. The van der Waals surface area contributed by atoms with Crippen molar-refractivity contribution in [2.24, 2.45) is 0 Å². The van der Waals surface area contributed by atoms with Crippen LogP contribution in [0.25, 0.3) is 0 Å². The number of carbonyl (C=O) groups is 2. The standard InChI is InChI=1S/C16H26N2O5/c1-6-23-16(20)14-11(2)13(12(3)17-14)15(19)18(7-9-21-4)8-10-22-5/h17H,6-10H2,1-5H3. The molecule has 1 heterocycles. The van der Waals surface area contributed by atoms with Crippen LogP contribution in [-0.2, 0) is 14.2 Å². The van der Waals surface area contributed by atoms with Crippen LogP contribution >= 0.6 is 0 Å². The number of nitrogens with one attached hydrogen (secondary N) is 1. The molecule has 0 atom stereocenters. The first-order valence-corrected chi connectivity index (χ1v) is 7.61. The fourth-order valence-electron chi connectivity index (χ4n) is 2.35. The van der Waals surface area contributed by atoms with Crippen molar-refractivity contribution in [3.05, 3.63) is 22.5 Å². The molecule has 1 aromatic rings. The average Bonchev–Trinajstić information content (AvgIpc) is 2.82. The number of nitrogens with zero attached hydrogens (tertiary/aromatic N) is 1. The van der Waals surface area contributed by atoms with Crippen LogP contribution in [0.3, 0.4) is 0 Å². The number of methoxy groups -OCH3 is 2. The van der Waals surface area contributed by atoms with Crippen LogP contribution in [0.4, 0.5) is 0 Å². The average molecular weight is 326 g/mol. The number of amides is 1. The van der Waals surface area contributed by atoms with Gasteiger partial charge in [0.1, 0.15) is 5.69 Å². The molecule has 0 aliphatic carbocycles. The molecule has 0 saturated carbocycles. The summed E-state index contributed by atoms with van der Waals surface area (Å²) in [6.07, 6.45) is 0. The van der Waals surface area contributed by atoms with Crippen molar-refractivity contribution >= 4 is 11.9 Å². The van der Waals surface area contributed by atoms with Crippen molar-refractivity contribution < 1.29 is 23.8 Å². The summed E-state index contributed by atoms with van der Waals surface area (Å²) in [5, 5.41) is 0. The van der Waals surface area contributed by atoms with Gasteiger partial charge < -0.3 is 24.1 Å². The van der Waals surface area contributed by atoms with E-state index in [1.54, 1.807) is 39.9 Å². The van der Waals surface area contributed by atoms with E-state index in [2.05, 4.69) is 4.98 Å². The van der Waals surface area contributed by atoms with Crippen molar-refractivity contribution in [1.82, 2.24) is 9.88 Å². The first-order chi connectivity index (χ1) is 11.0. The van der Waals surface area contributed by atoms with Crippen molar-refractivity contribution in [1.29, 1.82) is 0 Å². The summed E-state index contributed by atoms with van der Waals surface area (Å²) >= 11 is 0. The predicted octanol–water partition coefficient (Wildman–Crippen LogP) is 1.54. The Morgan fingerprint density at radius 1 is 1.09 bits per heavy atom.